The van der Waals surface area contributed by atoms with Crippen molar-refractivity contribution < 1.29 is 10.0 Å². The number of thioether (sulfide) groups is 1. The van der Waals surface area contributed by atoms with E-state index in [1.54, 1.807) is 20.4 Å². The van der Waals surface area contributed by atoms with Crippen LogP contribution in [0.25, 0.3) is 0 Å². The van der Waals surface area contributed by atoms with Gasteiger partial charge in [-0.3, -0.25) is 4.79 Å². The van der Waals surface area contributed by atoms with Gasteiger partial charge in [0.05, 0.1) is 0 Å². The minimum Gasteiger partial charge on any atom is -0.410 e. The van der Waals surface area contributed by atoms with Gasteiger partial charge in [-0.1, -0.05) is 5.16 Å². The second kappa shape index (κ2) is 4.16. The molecule has 58 valence electrons. The molecule has 1 N–H and O–H groups in total. The Balaban J connectivity index is 4.18. The van der Waals surface area contributed by atoms with Crippen LogP contribution in [-0.2, 0) is 4.79 Å². The van der Waals surface area contributed by atoms with Crippen LogP contribution in [0.5, 0.6) is 0 Å². The van der Waals surface area contributed by atoms with Crippen LogP contribution >= 0.6 is 11.8 Å². The lowest BCUT2D eigenvalue weighted by atomic mass is 10.6. The zero-order chi connectivity index (χ0) is 8.15. The Morgan fingerprint density at radius 3 is 2.20 bits per heavy atom. The fourth-order valence-electron chi connectivity index (χ4n) is 0.362. The van der Waals surface area contributed by atoms with Crippen molar-refractivity contribution in [3.05, 3.63) is 0 Å². The van der Waals surface area contributed by atoms with Gasteiger partial charge < -0.3 is 10.1 Å². The maximum Gasteiger partial charge on any atom is 0.282 e. The quantitative estimate of drug-likeness (QED) is 0.240. The SMILES string of the molecule is CSC(=NO)C(=O)N(C)C. The molecule has 0 radical (unpaired) electrons. The lowest BCUT2D eigenvalue weighted by Crippen LogP contribution is -2.27. The van der Waals surface area contributed by atoms with E-state index < -0.39 is 0 Å². The van der Waals surface area contributed by atoms with E-state index in [1.165, 1.54) is 4.90 Å². The van der Waals surface area contributed by atoms with Crippen LogP contribution in [0.15, 0.2) is 5.16 Å². The first kappa shape index (κ1) is 9.29. The zero-order valence-corrected chi connectivity index (χ0v) is 6.97. The fraction of sp³-hybridized carbons (Fsp3) is 0.600. The Hall–Kier alpha value is -0.710. The smallest absolute Gasteiger partial charge is 0.282 e. The number of nitrogens with zero attached hydrogens (tertiary/aromatic N) is 2. The average Bonchev–Trinajstić information content (AvgIpc) is 1.90. The summed E-state index contributed by atoms with van der Waals surface area (Å²) in [7, 11) is 3.20. The maximum absolute atomic E-state index is 10.9. The first-order valence-corrected chi connectivity index (χ1v) is 3.83. The Kier molecular flexibility index (Phi) is 3.87. The number of carbonyl (C=O) groups excluding carboxylic acids is 1. The third-order valence-corrected chi connectivity index (χ3v) is 1.52. The molecule has 0 aliphatic rings. The van der Waals surface area contributed by atoms with Gasteiger partial charge in [-0.15, -0.1) is 11.8 Å². The van der Waals surface area contributed by atoms with Crippen molar-refractivity contribution in [1.29, 1.82) is 0 Å². The van der Waals surface area contributed by atoms with Gasteiger partial charge in [0.15, 0.2) is 5.04 Å². The molecule has 0 aliphatic carbocycles. The molecule has 0 heterocycles. The molecule has 0 saturated heterocycles. The third-order valence-electron chi connectivity index (χ3n) is 0.873. The largest absolute Gasteiger partial charge is 0.410 e. The van der Waals surface area contributed by atoms with E-state index in [0.717, 1.165) is 11.8 Å². The summed E-state index contributed by atoms with van der Waals surface area (Å²) >= 11 is 1.12. The molecule has 0 spiro atoms. The van der Waals surface area contributed by atoms with Gasteiger partial charge >= 0.3 is 0 Å². The van der Waals surface area contributed by atoms with E-state index in [4.69, 9.17) is 5.21 Å². The topological polar surface area (TPSA) is 52.9 Å². The van der Waals surface area contributed by atoms with Crippen molar-refractivity contribution >= 4 is 22.7 Å². The molecule has 10 heavy (non-hydrogen) atoms. The number of amides is 1. The summed E-state index contributed by atoms with van der Waals surface area (Å²) in [6.45, 7) is 0. The van der Waals surface area contributed by atoms with Crippen LogP contribution < -0.4 is 0 Å². The summed E-state index contributed by atoms with van der Waals surface area (Å²) in [6, 6.07) is 0. The molecule has 0 aromatic carbocycles. The summed E-state index contributed by atoms with van der Waals surface area (Å²) in [5.41, 5.74) is 0. The van der Waals surface area contributed by atoms with E-state index in [9.17, 15) is 4.79 Å². The highest BCUT2D eigenvalue weighted by atomic mass is 32.2. The normalized spacial score (nSPS) is 11.3. The van der Waals surface area contributed by atoms with Gasteiger partial charge in [-0.25, -0.2) is 0 Å². The second-order valence-corrected chi connectivity index (χ2v) is 2.60. The Bertz CT molecular complexity index is 156. The molecule has 0 aromatic heterocycles. The van der Waals surface area contributed by atoms with Gasteiger partial charge in [-0.05, 0) is 6.26 Å². The first-order valence-electron chi connectivity index (χ1n) is 2.61. The van der Waals surface area contributed by atoms with Gasteiger partial charge in [-0.2, -0.15) is 0 Å². The van der Waals surface area contributed by atoms with Crippen molar-refractivity contribution in [2.24, 2.45) is 5.16 Å². The zero-order valence-electron chi connectivity index (χ0n) is 6.16. The summed E-state index contributed by atoms with van der Waals surface area (Å²) in [4.78, 5) is 12.3. The molecule has 0 atom stereocenters. The van der Waals surface area contributed by atoms with Crippen molar-refractivity contribution in [2.75, 3.05) is 20.4 Å². The van der Waals surface area contributed by atoms with E-state index >= 15 is 0 Å². The predicted molar refractivity (Wildman–Crippen MR) is 41.4 cm³/mol. The molecule has 0 aromatic rings. The lowest BCUT2D eigenvalue weighted by molar-refractivity contribution is -0.121. The number of rotatable bonds is 0. The highest BCUT2D eigenvalue weighted by Crippen LogP contribution is 1.99. The second-order valence-electron chi connectivity index (χ2n) is 1.81. The molecular weight excluding hydrogens is 152 g/mol. The van der Waals surface area contributed by atoms with Gasteiger partial charge in [0.25, 0.3) is 5.91 Å². The molecule has 4 nitrogen and oxygen atoms in total. The van der Waals surface area contributed by atoms with Crippen molar-refractivity contribution in [2.45, 2.75) is 0 Å². The number of hydrogen-bond acceptors (Lipinski definition) is 4. The lowest BCUT2D eigenvalue weighted by Gasteiger charge is -2.08. The Labute approximate surface area is 63.9 Å². The van der Waals surface area contributed by atoms with Crippen LogP contribution in [0.2, 0.25) is 0 Å². The molecule has 1 amide bonds. The van der Waals surface area contributed by atoms with Crippen molar-refractivity contribution in [3.63, 3.8) is 0 Å². The van der Waals surface area contributed by atoms with E-state index in [-0.39, 0.29) is 11.0 Å². The average molecular weight is 162 g/mol. The summed E-state index contributed by atoms with van der Waals surface area (Å²) < 4.78 is 0. The molecular formula is C5H10N2O2S. The predicted octanol–water partition coefficient (Wildman–Crippen LogP) is 0.225. The van der Waals surface area contributed by atoms with Gasteiger partial charge in [0, 0.05) is 14.1 Å². The van der Waals surface area contributed by atoms with Crippen LogP contribution in [0, 0.1) is 0 Å². The summed E-state index contributed by atoms with van der Waals surface area (Å²) in [5, 5.41) is 11.2. The number of oxime groups is 1. The highest BCUT2D eigenvalue weighted by Gasteiger charge is 2.11. The molecule has 5 heteroatoms. The van der Waals surface area contributed by atoms with Crippen LogP contribution in [0.4, 0.5) is 0 Å². The molecule has 0 bridgehead atoms. The fourth-order valence-corrected chi connectivity index (χ4v) is 0.801. The summed E-state index contributed by atoms with van der Waals surface area (Å²) in [5.74, 6) is -0.282. The van der Waals surface area contributed by atoms with Gasteiger partial charge in [0.2, 0.25) is 0 Å². The minimum atomic E-state index is -0.282. The minimum absolute atomic E-state index is 0.102. The summed E-state index contributed by atoms with van der Waals surface area (Å²) in [6.07, 6.45) is 1.68. The molecule has 0 saturated carbocycles. The van der Waals surface area contributed by atoms with E-state index in [2.05, 4.69) is 5.16 Å². The third kappa shape index (κ3) is 2.26. The number of hydrogen-bond donors (Lipinski definition) is 1. The standard InChI is InChI=1S/C5H10N2O2S/c1-7(2)5(8)4(6-9)10-3/h9H,1-3H3. The maximum atomic E-state index is 10.9. The highest BCUT2D eigenvalue weighted by molar-refractivity contribution is 8.15. The Morgan fingerprint density at radius 1 is 1.60 bits per heavy atom. The van der Waals surface area contributed by atoms with E-state index in [0.29, 0.717) is 0 Å². The molecule has 0 rings (SSSR count). The Morgan fingerprint density at radius 2 is 2.10 bits per heavy atom. The first-order chi connectivity index (χ1) is 4.63. The monoisotopic (exact) mass is 162 g/mol. The van der Waals surface area contributed by atoms with Crippen LogP contribution in [-0.4, -0.2) is 41.4 Å². The van der Waals surface area contributed by atoms with Crippen LogP contribution in [0.3, 0.4) is 0 Å². The molecule has 0 unspecified atom stereocenters. The van der Waals surface area contributed by atoms with Crippen molar-refractivity contribution in [3.8, 4) is 0 Å². The van der Waals surface area contributed by atoms with Gasteiger partial charge in [0.1, 0.15) is 0 Å². The molecule has 0 aliphatic heterocycles. The van der Waals surface area contributed by atoms with Crippen molar-refractivity contribution in [1.82, 2.24) is 4.90 Å². The van der Waals surface area contributed by atoms with E-state index in [1.807, 2.05) is 0 Å². The van der Waals surface area contributed by atoms with Crippen LogP contribution in [0.1, 0.15) is 0 Å². The number of carbonyl (C=O) groups is 1. The molecule has 0 fully saturated rings.